The number of aryl methyl sites for hydroxylation is 1. The minimum atomic E-state index is 0.165. The zero-order valence-electron chi connectivity index (χ0n) is 17.7. The maximum absolute atomic E-state index is 12.5. The molecule has 1 heterocycles. The van der Waals surface area contributed by atoms with Gasteiger partial charge in [0.1, 0.15) is 0 Å². The largest absolute Gasteiger partial charge is 0.357 e. The maximum atomic E-state index is 12.5. The normalized spacial score (nSPS) is 14.4. The van der Waals surface area contributed by atoms with Gasteiger partial charge in [-0.05, 0) is 49.4 Å². The molecule has 1 aliphatic rings. The highest BCUT2D eigenvalue weighted by Gasteiger charge is 2.22. The van der Waals surface area contributed by atoms with E-state index in [4.69, 9.17) is 0 Å². The lowest BCUT2D eigenvalue weighted by molar-refractivity contribution is -0.131. The van der Waals surface area contributed by atoms with Crippen molar-refractivity contribution in [2.45, 2.75) is 52.7 Å². The number of aliphatic imine (C=N–C) groups is 1. The molecular formula is C24H32N4O. The minimum absolute atomic E-state index is 0.165. The lowest BCUT2D eigenvalue weighted by Gasteiger charge is -2.20. The van der Waals surface area contributed by atoms with E-state index in [1.807, 2.05) is 17.0 Å². The summed E-state index contributed by atoms with van der Waals surface area (Å²) in [6.45, 7) is 9.22. The quantitative estimate of drug-likeness (QED) is 0.426. The van der Waals surface area contributed by atoms with Crippen molar-refractivity contribution in [2.24, 2.45) is 4.99 Å². The van der Waals surface area contributed by atoms with E-state index in [9.17, 15) is 4.79 Å². The number of hydrogen-bond acceptors (Lipinski definition) is 2. The predicted octanol–water partition coefficient (Wildman–Crippen LogP) is 3.93. The first kappa shape index (κ1) is 20.9. The molecule has 0 aliphatic carbocycles. The molecule has 0 fully saturated rings. The van der Waals surface area contributed by atoms with E-state index >= 15 is 0 Å². The molecule has 0 spiro atoms. The van der Waals surface area contributed by atoms with Crippen LogP contribution >= 0.6 is 0 Å². The van der Waals surface area contributed by atoms with Crippen molar-refractivity contribution in [3.63, 3.8) is 0 Å². The van der Waals surface area contributed by atoms with E-state index < -0.39 is 0 Å². The summed E-state index contributed by atoms with van der Waals surface area (Å²) < 4.78 is 0. The van der Waals surface area contributed by atoms with Crippen LogP contribution in [0.5, 0.6) is 0 Å². The summed E-state index contributed by atoms with van der Waals surface area (Å²) in [5, 5.41) is 6.78. The summed E-state index contributed by atoms with van der Waals surface area (Å²) in [5.41, 5.74) is 5.06. The van der Waals surface area contributed by atoms with Crippen LogP contribution in [-0.2, 0) is 17.9 Å². The molecule has 1 unspecified atom stereocenters. The molecular weight excluding hydrogens is 360 g/mol. The predicted molar refractivity (Wildman–Crippen MR) is 119 cm³/mol. The average Bonchev–Trinajstić information content (AvgIpc) is 3.16. The second-order valence-electron chi connectivity index (χ2n) is 7.61. The topological polar surface area (TPSA) is 56.7 Å². The van der Waals surface area contributed by atoms with Crippen LogP contribution in [0.1, 0.15) is 55.0 Å². The zero-order valence-corrected chi connectivity index (χ0v) is 17.7. The highest BCUT2D eigenvalue weighted by atomic mass is 16.2. The molecule has 0 bridgehead atoms. The van der Waals surface area contributed by atoms with Crippen LogP contribution in [0.4, 0.5) is 0 Å². The van der Waals surface area contributed by atoms with Crippen LogP contribution in [-0.4, -0.2) is 29.9 Å². The molecule has 0 saturated carbocycles. The van der Waals surface area contributed by atoms with Gasteiger partial charge in [0.15, 0.2) is 5.96 Å². The summed E-state index contributed by atoms with van der Waals surface area (Å²) in [7, 11) is 0. The Balaban J connectivity index is 1.48. The van der Waals surface area contributed by atoms with Crippen LogP contribution in [0.15, 0.2) is 53.5 Å². The first-order chi connectivity index (χ1) is 14.1. The molecule has 2 aromatic rings. The van der Waals surface area contributed by atoms with Crippen molar-refractivity contribution in [3.05, 3.63) is 70.8 Å². The van der Waals surface area contributed by atoms with Crippen molar-refractivity contribution >= 4 is 11.9 Å². The molecule has 1 amide bonds. The third kappa shape index (κ3) is 5.59. The molecule has 2 N–H and O–H groups in total. The van der Waals surface area contributed by atoms with Gasteiger partial charge in [-0.25, -0.2) is 0 Å². The van der Waals surface area contributed by atoms with Crippen molar-refractivity contribution < 1.29 is 4.79 Å². The van der Waals surface area contributed by atoms with E-state index in [0.29, 0.717) is 13.0 Å². The third-order valence-corrected chi connectivity index (χ3v) is 5.36. The summed E-state index contributed by atoms with van der Waals surface area (Å²) in [6.07, 6.45) is 1.28. The van der Waals surface area contributed by atoms with Crippen LogP contribution in [0.25, 0.3) is 0 Å². The van der Waals surface area contributed by atoms with E-state index in [1.165, 1.54) is 22.3 Å². The Morgan fingerprint density at radius 1 is 1.10 bits per heavy atom. The third-order valence-electron chi connectivity index (χ3n) is 5.36. The molecule has 1 aliphatic heterocycles. The number of carbonyl (C=O) groups is 1. The number of nitrogens with zero attached hydrogens (tertiary/aromatic N) is 2. The number of amides is 1. The molecule has 5 heteroatoms. The number of benzene rings is 2. The molecule has 0 aromatic heterocycles. The second kappa shape index (κ2) is 10.1. The smallest absolute Gasteiger partial charge is 0.223 e. The molecule has 1 atom stereocenters. The molecule has 3 rings (SSSR count). The molecule has 0 saturated heterocycles. The first-order valence-electron chi connectivity index (χ1n) is 10.5. The monoisotopic (exact) mass is 392 g/mol. The van der Waals surface area contributed by atoms with Gasteiger partial charge in [0.05, 0.1) is 6.04 Å². The summed E-state index contributed by atoms with van der Waals surface area (Å²) in [5.74, 6) is 1.01. The van der Waals surface area contributed by atoms with Gasteiger partial charge >= 0.3 is 0 Å². The SMILES string of the molecule is CCNC(=NCCCC(=O)N1Cc2ccccc2C1)NC(C)c1ccccc1C. The Morgan fingerprint density at radius 3 is 2.41 bits per heavy atom. The number of carbonyl (C=O) groups excluding carboxylic acids is 1. The van der Waals surface area contributed by atoms with Gasteiger partial charge in [-0.1, -0.05) is 48.5 Å². The first-order valence-corrected chi connectivity index (χ1v) is 10.5. The van der Waals surface area contributed by atoms with Gasteiger partial charge < -0.3 is 15.5 Å². The van der Waals surface area contributed by atoms with Crippen LogP contribution < -0.4 is 10.6 Å². The Hall–Kier alpha value is -2.82. The van der Waals surface area contributed by atoms with E-state index in [1.54, 1.807) is 0 Å². The standard InChI is InChI=1S/C24H32N4O/c1-4-25-24(27-19(3)22-13-8-5-10-18(22)2)26-15-9-14-23(29)28-16-20-11-6-7-12-21(20)17-28/h5-8,10-13,19H,4,9,14-17H2,1-3H3,(H2,25,26,27). The Bertz CT molecular complexity index is 836. The van der Waals surface area contributed by atoms with Gasteiger partial charge in [-0.15, -0.1) is 0 Å². The Morgan fingerprint density at radius 2 is 1.76 bits per heavy atom. The fraction of sp³-hybridized carbons (Fsp3) is 0.417. The molecule has 29 heavy (non-hydrogen) atoms. The maximum Gasteiger partial charge on any atom is 0.223 e. The lowest BCUT2D eigenvalue weighted by Crippen LogP contribution is -2.39. The number of nitrogens with one attached hydrogen (secondary N) is 2. The Labute approximate surface area is 174 Å². The number of rotatable bonds is 7. The fourth-order valence-corrected chi connectivity index (χ4v) is 3.76. The minimum Gasteiger partial charge on any atom is -0.357 e. The number of fused-ring (bicyclic) bond motifs is 1. The van der Waals surface area contributed by atoms with E-state index in [-0.39, 0.29) is 11.9 Å². The van der Waals surface area contributed by atoms with Crippen molar-refractivity contribution in [1.29, 1.82) is 0 Å². The van der Waals surface area contributed by atoms with Crippen LogP contribution in [0.2, 0.25) is 0 Å². The van der Waals surface area contributed by atoms with Gasteiger partial charge in [-0.3, -0.25) is 9.79 Å². The molecule has 5 nitrogen and oxygen atoms in total. The highest BCUT2D eigenvalue weighted by molar-refractivity contribution is 5.80. The van der Waals surface area contributed by atoms with E-state index in [2.05, 4.69) is 72.8 Å². The second-order valence-corrected chi connectivity index (χ2v) is 7.61. The number of guanidine groups is 1. The van der Waals surface area contributed by atoms with Gasteiger partial charge in [0.2, 0.25) is 5.91 Å². The summed E-state index contributed by atoms with van der Waals surface area (Å²) in [4.78, 5) is 19.1. The van der Waals surface area contributed by atoms with Crippen LogP contribution in [0.3, 0.4) is 0 Å². The van der Waals surface area contributed by atoms with Gasteiger partial charge in [-0.2, -0.15) is 0 Å². The molecule has 154 valence electrons. The molecule has 2 aromatic carbocycles. The zero-order chi connectivity index (χ0) is 20.6. The van der Waals surface area contributed by atoms with Crippen LogP contribution in [0, 0.1) is 6.92 Å². The Kier molecular flexibility index (Phi) is 7.28. The number of hydrogen-bond donors (Lipinski definition) is 2. The van der Waals surface area contributed by atoms with Gasteiger partial charge in [0.25, 0.3) is 0 Å². The average molecular weight is 393 g/mol. The summed E-state index contributed by atoms with van der Waals surface area (Å²) in [6, 6.07) is 16.8. The van der Waals surface area contributed by atoms with E-state index in [0.717, 1.165) is 32.0 Å². The highest BCUT2D eigenvalue weighted by Crippen LogP contribution is 2.23. The van der Waals surface area contributed by atoms with Crippen molar-refractivity contribution in [3.8, 4) is 0 Å². The van der Waals surface area contributed by atoms with Crippen molar-refractivity contribution in [2.75, 3.05) is 13.1 Å². The summed E-state index contributed by atoms with van der Waals surface area (Å²) >= 11 is 0. The van der Waals surface area contributed by atoms with Gasteiger partial charge in [0, 0.05) is 32.6 Å². The van der Waals surface area contributed by atoms with Crippen molar-refractivity contribution in [1.82, 2.24) is 15.5 Å². The lowest BCUT2D eigenvalue weighted by atomic mass is 10.0. The molecule has 0 radical (unpaired) electrons. The fourth-order valence-electron chi connectivity index (χ4n) is 3.76.